The summed E-state index contributed by atoms with van der Waals surface area (Å²) in [4.78, 5) is 42.8. The van der Waals surface area contributed by atoms with Crippen LogP contribution in [0.15, 0.2) is 114 Å². The van der Waals surface area contributed by atoms with Crippen LogP contribution in [0.25, 0.3) is 6.08 Å². The van der Waals surface area contributed by atoms with Crippen LogP contribution >= 0.6 is 22.6 Å². The summed E-state index contributed by atoms with van der Waals surface area (Å²) in [6.07, 6.45) is 1.35. The molecule has 4 amide bonds. The Hall–Kier alpha value is -4.49. The number of nitrogens with zero attached hydrogens (tertiary/aromatic N) is 2. The molecule has 1 aliphatic rings. The average Bonchev–Trinajstić information content (AvgIpc) is 2.99. The molecule has 0 N–H and O–H groups in total. The zero-order valence-corrected chi connectivity index (χ0v) is 25.1. The molecule has 0 unspecified atom stereocenters. The fourth-order valence-corrected chi connectivity index (χ4v) is 6.13. The Balaban J connectivity index is 1.60. The van der Waals surface area contributed by atoms with Crippen molar-refractivity contribution in [1.29, 1.82) is 0 Å². The van der Waals surface area contributed by atoms with E-state index in [1.807, 2.05) is 22.6 Å². The summed E-state index contributed by atoms with van der Waals surface area (Å²) in [6.45, 7) is 1.91. The lowest BCUT2D eigenvalue weighted by molar-refractivity contribution is -0.121. The van der Waals surface area contributed by atoms with Gasteiger partial charge in [0.25, 0.3) is 11.8 Å². The molecule has 212 valence electrons. The number of halogens is 1. The minimum absolute atomic E-state index is 0.0282. The molecule has 0 aliphatic carbocycles. The number of rotatable bonds is 8. The van der Waals surface area contributed by atoms with E-state index < -0.39 is 28.0 Å². The Bertz CT molecular complexity index is 1730. The lowest BCUT2D eigenvalue weighted by Crippen LogP contribution is -2.57. The highest BCUT2D eigenvalue weighted by Gasteiger charge is 2.43. The van der Waals surface area contributed by atoms with Crippen molar-refractivity contribution in [3.05, 3.63) is 118 Å². The molecule has 5 rings (SSSR count). The predicted octanol–water partition coefficient (Wildman–Crippen LogP) is 6.04. The van der Waals surface area contributed by atoms with Crippen LogP contribution in [0.5, 0.6) is 11.5 Å². The number of imide groups is 2. The van der Waals surface area contributed by atoms with Crippen molar-refractivity contribution in [3.8, 4) is 11.5 Å². The number of carbonyl (C=O) groups excluding carboxylic acids is 3. The highest BCUT2D eigenvalue weighted by Crippen LogP contribution is 2.38. The summed E-state index contributed by atoms with van der Waals surface area (Å²) in [7, 11) is -4.18. The van der Waals surface area contributed by atoms with Crippen molar-refractivity contribution in [2.45, 2.75) is 11.8 Å². The molecule has 9 nitrogen and oxygen atoms in total. The van der Waals surface area contributed by atoms with Crippen LogP contribution in [0, 0.1) is 3.57 Å². The second kappa shape index (κ2) is 12.2. The van der Waals surface area contributed by atoms with Gasteiger partial charge in [-0.15, -0.1) is 0 Å². The molecule has 0 spiro atoms. The number of anilines is 2. The first-order valence-electron chi connectivity index (χ1n) is 12.7. The van der Waals surface area contributed by atoms with Gasteiger partial charge in [0.15, 0.2) is 11.5 Å². The fourth-order valence-electron chi connectivity index (χ4n) is 4.27. The highest BCUT2D eigenvalue weighted by molar-refractivity contribution is 14.1. The summed E-state index contributed by atoms with van der Waals surface area (Å²) in [5.74, 6) is -1.54. The molecule has 0 aromatic heterocycles. The van der Waals surface area contributed by atoms with Gasteiger partial charge in [-0.3, -0.25) is 9.59 Å². The minimum Gasteiger partial charge on any atom is -0.490 e. The first-order chi connectivity index (χ1) is 20.2. The van der Waals surface area contributed by atoms with Crippen molar-refractivity contribution < 1.29 is 31.7 Å². The number of urea groups is 1. The lowest BCUT2D eigenvalue weighted by Gasteiger charge is -2.34. The fraction of sp³-hybridized carbons (Fsp3) is 0.0645. The third-order valence-electron chi connectivity index (χ3n) is 6.15. The Morgan fingerprint density at radius 3 is 1.76 bits per heavy atom. The van der Waals surface area contributed by atoms with Crippen LogP contribution in [0.2, 0.25) is 0 Å². The van der Waals surface area contributed by atoms with Gasteiger partial charge in [-0.1, -0.05) is 54.6 Å². The quantitative estimate of drug-likeness (QED) is 0.0958. The van der Waals surface area contributed by atoms with Crippen LogP contribution in [-0.4, -0.2) is 32.9 Å². The number of amides is 4. The van der Waals surface area contributed by atoms with Gasteiger partial charge in [-0.05, 0) is 89.7 Å². The SMILES string of the molecule is CCOc1cc(C=C2C(=O)N(c3ccccc3)C(=O)N(c3ccccc3)C2=O)cc(I)c1OS(=O)(=O)c1ccccc1. The van der Waals surface area contributed by atoms with E-state index >= 15 is 0 Å². The van der Waals surface area contributed by atoms with E-state index in [2.05, 4.69) is 0 Å². The Kier molecular flexibility index (Phi) is 8.41. The number of hydrogen-bond acceptors (Lipinski definition) is 7. The van der Waals surface area contributed by atoms with Crippen molar-refractivity contribution >= 4 is 68.0 Å². The molecule has 1 heterocycles. The summed E-state index contributed by atoms with van der Waals surface area (Å²) in [5.41, 5.74) is 0.683. The van der Waals surface area contributed by atoms with Crippen LogP contribution in [0.4, 0.5) is 16.2 Å². The van der Waals surface area contributed by atoms with E-state index in [1.165, 1.54) is 24.3 Å². The number of ether oxygens (including phenoxy) is 1. The van der Waals surface area contributed by atoms with E-state index in [0.29, 0.717) is 20.5 Å². The number of benzene rings is 4. The van der Waals surface area contributed by atoms with Crippen LogP contribution in [-0.2, 0) is 19.7 Å². The second-order valence-corrected chi connectivity index (χ2v) is 11.6. The molecule has 4 aromatic rings. The van der Waals surface area contributed by atoms with Gasteiger partial charge >= 0.3 is 16.1 Å². The van der Waals surface area contributed by atoms with Gasteiger partial charge in [0.05, 0.1) is 21.6 Å². The summed E-state index contributed by atoms with van der Waals surface area (Å²) in [6, 6.07) is 26.5. The van der Waals surface area contributed by atoms with E-state index in [4.69, 9.17) is 8.92 Å². The topological polar surface area (TPSA) is 110 Å². The Labute approximate surface area is 256 Å². The maximum Gasteiger partial charge on any atom is 0.343 e. The number of hydrogen-bond donors (Lipinski definition) is 0. The molecule has 0 atom stereocenters. The van der Waals surface area contributed by atoms with Crippen molar-refractivity contribution in [2.75, 3.05) is 16.4 Å². The zero-order valence-electron chi connectivity index (χ0n) is 22.1. The van der Waals surface area contributed by atoms with Crippen molar-refractivity contribution in [2.24, 2.45) is 0 Å². The number of carbonyl (C=O) groups is 3. The number of barbiturate groups is 1. The molecule has 11 heteroatoms. The molecule has 42 heavy (non-hydrogen) atoms. The van der Waals surface area contributed by atoms with Crippen LogP contribution in [0.1, 0.15) is 12.5 Å². The van der Waals surface area contributed by atoms with Crippen molar-refractivity contribution in [1.82, 2.24) is 0 Å². The second-order valence-electron chi connectivity index (χ2n) is 8.91. The maximum absolute atomic E-state index is 13.7. The summed E-state index contributed by atoms with van der Waals surface area (Å²) in [5, 5.41) is 0. The molecule has 1 saturated heterocycles. The predicted molar refractivity (Wildman–Crippen MR) is 166 cm³/mol. The van der Waals surface area contributed by atoms with E-state index in [-0.39, 0.29) is 28.6 Å². The van der Waals surface area contributed by atoms with E-state index in [0.717, 1.165) is 9.80 Å². The van der Waals surface area contributed by atoms with Gasteiger partial charge < -0.3 is 8.92 Å². The van der Waals surface area contributed by atoms with E-state index in [1.54, 1.807) is 91.9 Å². The smallest absolute Gasteiger partial charge is 0.343 e. The Morgan fingerprint density at radius 1 is 0.762 bits per heavy atom. The molecule has 0 bridgehead atoms. The lowest BCUT2D eigenvalue weighted by atomic mass is 10.0. The molecule has 1 aliphatic heterocycles. The van der Waals surface area contributed by atoms with Gasteiger partial charge in [0.2, 0.25) is 0 Å². The number of para-hydroxylation sites is 2. The van der Waals surface area contributed by atoms with Gasteiger partial charge in [0, 0.05) is 0 Å². The molecular weight excluding hydrogens is 671 g/mol. The minimum atomic E-state index is -4.18. The molecular formula is C31H23IN2O7S. The van der Waals surface area contributed by atoms with Crippen molar-refractivity contribution in [3.63, 3.8) is 0 Å². The third kappa shape index (κ3) is 5.78. The monoisotopic (exact) mass is 694 g/mol. The largest absolute Gasteiger partial charge is 0.490 e. The molecule has 4 aromatic carbocycles. The van der Waals surface area contributed by atoms with Crippen LogP contribution < -0.4 is 18.7 Å². The third-order valence-corrected chi connectivity index (χ3v) is 8.18. The normalized spacial score (nSPS) is 13.8. The van der Waals surface area contributed by atoms with Gasteiger partial charge in [0.1, 0.15) is 10.5 Å². The zero-order chi connectivity index (χ0) is 29.9. The maximum atomic E-state index is 13.7. The molecule has 0 saturated carbocycles. The van der Waals surface area contributed by atoms with Gasteiger partial charge in [-0.2, -0.15) is 8.42 Å². The van der Waals surface area contributed by atoms with Crippen LogP contribution in [0.3, 0.4) is 0 Å². The molecule has 0 radical (unpaired) electrons. The highest BCUT2D eigenvalue weighted by atomic mass is 127. The first-order valence-corrected chi connectivity index (χ1v) is 15.2. The summed E-state index contributed by atoms with van der Waals surface area (Å²) < 4.78 is 37.4. The average molecular weight is 695 g/mol. The Morgan fingerprint density at radius 2 is 1.26 bits per heavy atom. The standard InChI is InChI=1S/C31H23IN2O7S/c1-2-40-27-20-21(19-26(32)28(27)41-42(38,39)24-16-10-5-11-17-24)18-25-29(35)33(22-12-6-3-7-13-22)31(37)34(30(25)36)23-14-8-4-9-15-23/h3-20H,2H2,1H3. The summed E-state index contributed by atoms with van der Waals surface area (Å²) >= 11 is 1.90. The van der Waals surface area contributed by atoms with Gasteiger partial charge in [-0.25, -0.2) is 14.6 Å². The molecule has 1 fully saturated rings. The first kappa shape index (κ1) is 29.0. The van der Waals surface area contributed by atoms with E-state index in [9.17, 15) is 22.8 Å².